The van der Waals surface area contributed by atoms with Crippen molar-refractivity contribution >= 4 is 23.5 Å². The number of carbonyl (C=O) groups excluding carboxylic acids is 1. The van der Waals surface area contributed by atoms with Gasteiger partial charge in [0.05, 0.1) is 10.6 Å². The van der Waals surface area contributed by atoms with Crippen LogP contribution in [0.4, 0.5) is 0 Å². The molecule has 2 rings (SSSR count). The zero-order valence-electron chi connectivity index (χ0n) is 10.3. The fourth-order valence-corrected chi connectivity index (χ4v) is 1.91. The Hall–Kier alpha value is -2.40. The van der Waals surface area contributed by atoms with Crippen molar-refractivity contribution in [2.24, 2.45) is 0 Å². The third-order valence-electron chi connectivity index (χ3n) is 2.67. The molecule has 102 valence electrons. The van der Waals surface area contributed by atoms with Gasteiger partial charge in [0.25, 0.3) is 5.91 Å². The molecule has 5 nitrogen and oxygen atoms in total. The van der Waals surface area contributed by atoms with E-state index in [9.17, 15) is 14.7 Å². The third kappa shape index (κ3) is 3.13. The number of hydrogen-bond donors (Lipinski definition) is 2. The van der Waals surface area contributed by atoms with Crippen LogP contribution in [0.3, 0.4) is 0 Å². The standard InChI is InChI=1S/C14H11ClN2O3/c15-11-8-16-7-6-10(11)13(18)17-12(14(19)20)9-4-2-1-3-5-9/h1-8,12H,(H,17,18)(H,19,20). The van der Waals surface area contributed by atoms with Crippen LogP contribution in [0.5, 0.6) is 0 Å². The van der Waals surface area contributed by atoms with E-state index in [1.807, 2.05) is 0 Å². The van der Waals surface area contributed by atoms with E-state index in [0.29, 0.717) is 5.56 Å². The minimum atomic E-state index is -1.14. The first kappa shape index (κ1) is 14.0. The zero-order valence-corrected chi connectivity index (χ0v) is 11.0. The predicted octanol–water partition coefficient (Wildman–Crippen LogP) is 2.29. The second-order valence-electron chi connectivity index (χ2n) is 4.01. The number of amides is 1. The van der Waals surface area contributed by atoms with Crippen LogP contribution in [-0.2, 0) is 4.79 Å². The topological polar surface area (TPSA) is 79.3 Å². The number of nitrogens with one attached hydrogen (secondary N) is 1. The number of carbonyl (C=O) groups is 2. The van der Waals surface area contributed by atoms with E-state index in [1.165, 1.54) is 18.5 Å². The number of pyridine rings is 1. The van der Waals surface area contributed by atoms with Gasteiger partial charge in [0.2, 0.25) is 0 Å². The first-order chi connectivity index (χ1) is 9.59. The SMILES string of the molecule is O=C(NC(C(=O)O)c1ccccc1)c1ccncc1Cl. The molecule has 2 aromatic rings. The number of carboxylic acids is 1. The molecule has 0 fully saturated rings. The smallest absolute Gasteiger partial charge is 0.330 e. The summed E-state index contributed by atoms with van der Waals surface area (Å²) in [5, 5.41) is 11.8. The highest BCUT2D eigenvalue weighted by atomic mass is 35.5. The summed E-state index contributed by atoms with van der Waals surface area (Å²) < 4.78 is 0. The molecular formula is C14H11ClN2O3. The lowest BCUT2D eigenvalue weighted by atomic mass is 10.1. The number of aromatic nitrogens is 1. The largest absolute Gasteiger partial charge is 0.479 e. The molecule has 0 aliphatic rings. The lowest BCUT2D eigenvalue weighted by molar-refractivity contribution is -0.139. The molecule has 1 heterocycles. The minimum absolute atomic E-state index is 0.169. The summed E-state index contributed by atoms with van der Waals surface area (Å²) in [5.41, 5.74) is 0.669. The van der Waals surface area contributed by atoms with Crippen LogP contribution in [0.15, 0.2) is 48.8 Å². The number of carboxylic acid groups (broad SMARTS) is 1. The number of rotatable bonds is 4. The summed E-state index contributed by atoms with van der Waals surface area (Å²) >= 11 is 5.86. The maximum absolute atomic E-state index is 12.1. The Morgan fingerprint density at radius 3 is 2.50 bits per heavy atom. The summed E-state index contributed by atoms with van der Waals surface area (Å²) in [4.78, 5) is 27.1. The van der Waals surface area contributed by atoms with Crippen LogP contribution in [0.2, 0.25) is 5.02 Å². The molecule has 0 spiro atoms. The summed E-state index contributed by atoms with van der Waals surface area (Å²) in [5.74, 6) is -1.71. The molecule has 6 heteroatoms. The molecular weight excluding hydrogens is 280 g/mol. The normalized spacial score (nSPS) is 11.7. The lowest BCUT2D eigenvalue weighted by Crippen LogP contribution is -2.33. The van der Waals surface area contributed by atoms with Gasteiger partial charge in [-0.1, -0.05) is 41.9 Å². The number of halogens is 1. The van der Waals surface area contributed by atoms with Crippen molar-refractivity contribution in [2.45, 2.75) is 6.04 Å². The molecule has 0 radical (unpaired) electrons. The maximum Gasteiger partial charge on any atom is 0.330 e. The van der Waals surface area contributed by atoms with Gasteiger partial charge < -0.3 is 10.4 Å². The molecule has 1 aromatic carbocycles. The first-order valence-corrected chi connectivity index (χ1v) is 6.15. The molecule has 1 aromatic heterocycles. The average molecular weight is 291 g/mol. The third-order valence-corrected chi connectivity index (χ3v) is 2.97. The fraction of sp³-hybridized carbons (Fsp3) is 0.0714. The highest BCUT2D eigenvalue weighted by Crippen LogP contribution is 2.17. The average Bonchev–Trinajstić information content (AvgIpc) is 2.45. The van der Waals surface area contributed by atoms with Gasteiger partial charge in [-0.2, -0.15) is 0 Å². The fourth-order valence-electron chi connectivity index (χ4n) is 1.70. The highest BCUT2D eigenvalue weighted by molar-refractivity contribution is 6.33. The van der Waals surface area contributed by atoms with Crippen molar-refractivity contribution in [3.63, 3.8) is 0 Å². The lowest BCUT2D eigenvalue weighted by Gasteiger charge is -2.15. The van der Waals surface area contributed by atoms with Crippen molar-refractivity contribution < 1.29 is 14.7 Å². The van der Waals surface area contributed by atoms with Crippen LogP contribution in [0, 0.1) is 0 Å². The Labute approximate surface area is 120 Å². The van der Waals surface area contributed by atoms with Crippen LogP contribution in [0.1, 0.15) is 22.0 Å². The predicted molar refractivity (Wildman–Crippen MR) is 73.5 cm³/mol. The summed E-state index contributed by atoms with van der Waals surface area (Å²) in [6, 6.07) is 8.74. The van der Waals surface area contributed by atoms with Crippen molar-refractivity contribution in [1.82, 2.24) is 10.3 Å². The van der Waals surface area contributed by atoms with Gasteiger partial charge in [0.1, 0.15) is 0 Å². The van der Waals surface area contributed by atoms with Gasteiger partial charge >= 0.3 is 5.97 Å². The molecule has 20 heavy (non-hydrogen) atoms. The zero-order chi connectivity index (χ0) is 14.5. The number of hydrogen-bond acceptors (Lipinski definition) is 3. The van der Waals surface area contributed by atoms with Crippen molar-refractivity contribution in [1.29, 1.82) is 0 Å². The van der Waals surface area contributed by atoms with E-state index in [-0.39, 0.29) is 10.6 Å². The minimum Gasteiger partial charge on any atom is -0.479 e. The van der Waals surface area contributed by atoms with E-state index in [1.54, 1.807) is 30.3 Å². The molecule has 1 atom stereocenters. The van der Waals surface area contributed by atoms with Crippen molar-refractivity contribution in [3.8, 4) is 0 Å². The first-order valence-electron chi connectivity index (χ1n) is 5.77. The molecule has 2 N–H and O–H groups in total. The van der Waals surface area contributed by atoms with E-state index >= 15 is 0 Å². The molecule has 0 aliphatic carbocycles. The van der Waals surface area contributed by atoms with Crippen LogP contribution in [0.25, 0.3) is 0 Å². The summed E-state index contributed by atoms with van der Waals surface area (Å²) in [6.45, 7) is 0. The molecule has 1 unspecified atom stereocenters. The molecule has 0 aliphatic heterocycles. The monoisotopic (exact) mass is 290 g/mol. The number of nitrogens with zero attached hydrogens (tertiary/aromatic N) is 1. The van der Waals surface area contributed by atoms with Crippen LogP contribution >= 0.6 is 11.6 Å². The second kappa shape index (κ2) is 6.16. The Morgan fingerprint density at radius 1 is 1.20 bits per heavy atom. The van der Waals surface area contributed by atoms with Crippen molar-refractivity contribution in [3.05, 3.63) is 64.9 Å². The number of aliphatic carboxylic acids is 1. The molecule has 0 saturated heterocycles. The van der Waals surface area contributed by atoms with E-state index in [4.69, 9.17) is 11.6 Å². The maximum atomic E-state index is 12.1. The number of benzene rings is 1. The van der Waals surface area contributed by atoms with Gasteiger partial charge in [-0.3, -0.25) is 9.78 Å². The Morgan fingerprint density at radius 2 is 1.90 bits per heavy atom. The molecule has 1 amide bonds. The highest BCUT2D eigenvalue weighted by Gasteiger charge is 2.23. The van der Waals surface area contributed by atoms with Crippen LogP contribution < -0.4 is 5.32 Å². The Balaban J connectivity index is 2.24. The quantitative estimate of drug-likeness (QED) is 0.905. The van der Waals surface area contributed by atoms with E-state index in [0.717, 1.165) is 0 Å². The van der Waals surface area contributed by atoms with E-state index in [2.05, 4.69) is 10.3 Å². The Kier molecular flexibility index (Phi) is 4.32. The van der Waals surface area contributed by atoms with Gasteiger partial charge in [0.15, 0.2) is 6.04 Å². The van der Waals surface area contributed by atoms with E-state index < -0.39 is 17.9 Å². The van der Waals surface area contributed by atoms with Gasteiger partial charge in [-0.05, 0) is 11.6 Å². The summed E-state index contributed by atoms with van der Waals surface area (Å²) in [6.07, 6.45) is 2.74. The Bertz CT molecular complexity index is 631. The van der Waals surface area contributed by atoms with Gasteiger partial charge in [0, 0.05) is 12.4 Å². The van der Waals surface area contributed by atoms with Crippen LogP contribution in [-0.4, -0.2) is 22.0 Å². The van der Waals surface area contributed by atoms with Gasteiger partial charge in [-0.25, -0.2) is 4.79 Å². The second-order valence-corrected chi connectivity index (χ2v) is 4.42. The molecule has 0 bridgehead atoms. The molecule has 0 saturated carbocycles. The summed E-state index contributed by atoms with van der Waals surface area (Å²) in [7, 11) is 0. The van der Waals surface area contributed by atoms with Gasteiger partial charge in [-0.15, -0.1) is 0 Å². The van der Waals surface area contributed by atoms with Crippen molar-refractivity contribution in [2.75, 3.05) is 0 Å².